The summed E-state index contributed by atoms with van der Waals surface area (Å²) in [5, 5.41) is 6.30. The molecule has 0 radical (unpaired) electrons. The van der Waals surface area contributed by atoms with E-state index in [9.17, 15) is 4.79 Å². The molecule has 3 nitrogen and oxygen atoms in total. The Bertz CT molecular complexity index is 921. The van der Waals surface area contributed by atoms with Crippen LogP contribution in [0.3, 0.4) is 0 Å². The quantitative estimate of drug-likeness (QED) is 0.610. The minimum atomic E-state index is -0.179. The van der Waals surface area contributed by atoms with Crippen molar-refractivity contribution in [3.05, 3.63) is 68.5 Å². The molecule has 0 unspecified atom stereocenters. The number of aryl methyl sites for hydroxylation is 2. The molecule has 1 N–H and O–H groups in total. The van der Waals surface area contributed by atoms with Crippen LogP contribution in [0.15, 0.2) is 41.8 Å². The van der Waals surface area contributed by atoms with E-state index in [4.69, 9.17) is 23.2 Å². The molecule has 1 amide bonds. The van der Waals surface area contributed by atoms with Crippen LogP contribution in [0.5, 0.6) is 0 Å². The predicted octanol–water partition coefficient (Wildman–Crippen LogP) is 5.99. The molecule has 0 aliphatic heterocycles. The van der Waals surface area contributed by atoms with Gasteiger partial charge in [0.05, 0.1) is 10.7 Å². The van der Waals surface area contributed by atoms with Crippen LogP contribution in [0, 0.1) is 13.8 Å². The summed E-state index contributed by atoms with van der Waals surface area (Å²) in [5.74, 6) is -0.179. The Morgan fingerprint density at radius 3 is 2.58 bits per heavy atom. The first kappa shape index (κ1) is 17.0. The summed E-state index contributed by atoms with van der Waals surface area (Å²) in [6.07, 6.45) is 0. The lowest BCUT2D eigenvalue weighted by Gasteiger charge is -2.05. The minimum absolute atomic E-state index is 0.179. The Labute approximate surface area is 154 Å². The molecule has 0 fully saturated rings. The van der Waals surface area contributed by atoms with E-state index in [1.165, 1.54) is 11.3 Å². The number of aromatic nitrogens is 1. The van der Waals surface area contributed by atoms with Gasteiger partial charge in [0.1, 0.15) is 0 Å². The van der Waals surface area contributed by atoms with Crippen molar-refractivity contribution in [2.24, 2.45) is 0 Å². The summed E-state index contributed by atoms with van der Waals surface area (Å²) in [7, 11) is 0. The highest BCUT2D eigenvalue weighted by Gasteiger charge is 2.12. The Kier molecular flexibility index (Phi) is 4.90. The first-order valence-electron chi connectivity index (χ1n) is 7.23. The summed E-state index contributed by atoms with van der Waals surface area (Å²) in [6.45, 7) is 4.00. The second-order valence-electron chi connectivity index (χ2n) is 5.42. The zero-order valence-electron chi connectivity index (χ0n) is 13.1. The van der Waals surface area contributed by atoms with Gasteiger partial charge in [0, 0.05) is 21.5 Å². The van der Waals surface area contributed by atoms with E-state index >= 15 is 0 Å². The number of carbonyl (C=O) groups excluding carboxylic acids is 1. The zero-order chi connectivity index (χ0) is 17.3. The number of rotatable bonds is 3. The molecule has 0 spiro atoms. The van der Waals surface area contributed by atoms with Gasteiger partial charge in [-0.3, -0.25) is 10.1 Å². The highest BCUT2D eigenvalue weighted by molar-refractivity contribution is 7.14. The van der Waals surface area contributed by atoms with Gasteiger partial charge < -0.3 is 0 Å². The second kappa shape index (κ2) is 6.93. The molecule has 6 heteroatoms. The lowest BCUT2D eigenvalue weighted by molar-refractivity contribution is 0.102. The lowest BCUT2D eigenvalue weighted by atomic mass is 10.1. The van der Waals surface area contributed by atoms with Crippen molar-refractivity contribution in [1.82, 2.24) is 4.98 Å². The molecule has 0 aliphatic rings. The zero-order valence-corrected chi connectivity index (χ0v) is 15.4. The molecule has 1 heterocycles. The van der Waals surface area contributed by atoms with Gasteiger partial charge in [0.2, 0.25) is 0 Å². The summed E-state index contributed by atoms with van der Waals surface area (Å²) in [6, 6.07) is 10.9. The monoisotopic (exact) mass is 376 g/mol. The average molecular weight is 377 g/mol. The van der Waals surface area contributed by atoms with Gasteiger partial charge in [-0.2, -0.15) is 0 Å². The van der Waals surface area contributed by atoms with E-state index in [1.54, 1.807) is 12.1 Å². The van der Waals surface area contributed by atoms with Gasteiger partial charge in [0.25, 0.3) is 5.91 Å². The van der Waals surface area contributed by atoms with Crippen LogP contribution in [0.1, 0.15) is 21.5 Å². The Balaban J connectivity index is 1.80. The lowest BCUT2D eigenvalue weighted by Crippen LogP contribution is -2.12. The number of anilines is 1. The minimum Gasteiger partial charge on any atom is -0.298 e. The average Bonchev–Trinajstić information content (AvgIpc) is 2.98. The molecule has 0 saturated carbocycles. The number of thiazole rings is 1. The molecule has 0 aliphatic carbocycles. The van der Waals surface area contributed by atoms with E-state index in [-0.39, 0.29) is 5.91 Å². The number of hydrogen-bond donors (Lipinski definition) is 1. The highest BCUT2D eigenvalue weighted by atomic mass is 35.5. The molecule has 0 bridgehead atoms. The van der Waals surface area contributed by atoms with Crippen molar-refractivity contribution in [3.8, 4) is 11.3 Å². The SMILES string of the molecule is Cc1ccc(C(=O)Nc2nc(-c3ccc(Cl)cc3Cl)cs2)cc1C. The fraction of sp³-hybridized carbons (Fsp3) is 0.111. The largest absolute Gasteiger partial charge is 0.298 e. The van der Waals surface area contributed by atoms with Gasteiger partial charge in [-0.1, -0.05) is 29.3 Å². The van der Waals surface area contributed by atoms with Crippen molar-refractivity contribution >= 4 is 45.6 Å². The summed E-state index contributed by atoms with van der Waals surface area (Å²) < 4.78 is 0. The van der Waals surface area contributed by atoms with Gasteiger partial charge in [-0.05, 0) is 55.3 Å². The van der Waals surface area contributed by atoms with Gasteiger partial charge in [-0.15, -0.1) is 11.3 Å². The van der Waals surface area contributed by atoms with Crippen molar-refractivity contribution in [1.29, 1.82) is 0 Å². The molecular formula is C18H14Cl2N2OS. The van der Waals surface area contributed by atoms with Crippen LogP contribution < -0.4 is 5.32 Å². The summed E-state index contributed by atoms with van der Waals surface area (Å²) in [5.41, 5.74) is 4.33. The third-order valence-electron chi connectivity index (χ3n) is 3.70. The van der Waals surface area contributed by atoms with Crippen LogP contribution in [-0.4, -0.2) is 10.9 Å². The number of nitrogens with zero attached hydrogens (tertiary/aromatic N) is 1. The van der Waals surface area contributed by atoms with E-state index in [2.05, 4.69) is 10.3 Å². The van der Waals surface area contributed by atoms with Crippen molar-refractivity contribution in [3.63, 3.8) is 0 Å². The van der Waals surface area contributed by atoms with Crippen molar-refractivity contribution < 1.29 is 4.79 Å². The van der Waals surface area contributed by atoms with E-state index in [1.807, 2.05) is 43.5 Å². The van der Waals surface area contributed by atoms with Gasteiger partial charge in [-0.25, -0.2) is 4.98 Å². The molecule has 24 heavy (non-hydrogen) atoms. The third-order valence-corrected chi connectivity index (χ3v) is 5.01. The highest BCUT2D eigenvalue weighted by Crippen LogP contribution is 2.32. The summed E-state index contributed by atoms with van der Waals surface area (Å²) >= 11 is 13.5. The Morgan fingerprint density at radius 1 is 1.08 bits per heavy atom. The van der Waals surface area contributed by atoms with E-state index in [0.717, 1.165) is 16.7 Å². The molecule has 3 aromatic rings. The Morgan fingerprint density at radius 2 is 1.88 bits per heavy atom. The Hall–Kier alpha value is -1.88. The topological polar surface area (TPSA) is 42.0 Å². The number of benzene rings is 2. The van der Waals surface area contributed by atoms with Crippen LogP contribution >= 0.6 is 34.5 Å². The van der Waals surface area contributed by atoms with Crippen LogP contribution in [-0.2, 0) is 0 Å². The van der Waals surface area contributed by atoms with Crippen molar-refractivity contribution in [2.45, 2.75) is 13.8 Å². The van der Waals surface area contributed by atoms with E-state index < -0.39 is 0 Å². The maximum atomic E-state index is 12.3. The normalized spacial score (nSPS) is 10.7. The molecule has 122 valence electrons. The third kappa shape index (κ3) is 3.61. The molecule has 2 aromatic carbocycles. The van der Waals surface area contributed by atoms with Gasteiger partial charge >= 0.3 is 0 Å². The van der Waals surface area contributed by atoms with Crippen LogP contribution in [0.4, 0.5) is 5.13 Å². The van der Waals surface area contributed by atoms with Crippen LogP contribution in [0.2, 0.25) is 10.0 Å². The smallest absolute Gasteiger partial charge is 0.257 e. The van der Waals surface area contributed by atoms with Crippen molar-refractivity contribution in [2.75, 3.05) is 5.32 Å². The number of halogens is 2. The molecular weight excluding hydrogens is 363 g/mol. The maximum absolute atomic E-state index is 12.3. The standard InChI is InChI=1S/C18H14Cl2N2OS/c1-10-3-4-12(7-11(10)2)17(23)22-18-21-16(9-24-18)14-6-5-13(19)8-15(14)20/h3-9H,1-2H3,(H,21,22,23). The molecule has 3 rings (SSSR count). The molecule has 0 atom stereocenters. The molecule has 0 saturated heterocycles. The fourth-order valence-electron chi connectivity index (χ4n) is 2.20. The number of nitrogens with one attached hydrogen (secondary N) is 1. The predicted molar refractivity (Wildman–Crippen MR) is 101 cm³/mol. The van der Waals surface area contributed by atoms with E-state index in [0.29, 0.717) is 26.4 Å². The fourth-order valence-corrected chi connectivity index (χ4v) is 3.41. The first-order valence-corrected chi connectivity index (χ1v) is 8.87. The number of hydrogen-bond acceptors (Lipinski definition) is 3. The summed E-state index contributed by atoms with van der Waals surface area (Å²) in [4.78, 5) is 16.8. The maximum Gasteiger partial charge on any atom is 0.257 e. The number of amides is 1. The second-order valence-corrected chi connectivity index (χ2v) is 7.12. The van der Waals surface area contributed by atoms with Crippen LogP contribution in [0.25, 0.3) is 11.3 Å². The first-order chi connectivity index (χ1) is 11.4. The molecule has 1 aromatic heterocycles. The van der Waals surface area contributed by atoms with Gasteiger partial charge in [0.15, 0.2) is 5.13 Å². The number of carbonyl (C=O) groups is 1.